The number of imide groups is 1. The van der Waals surface area contributed by atoms with Crippen molar-refractivity contribution >= 4 is 23.4 Å². The number of nitrogens with zero attached hydrogens (tertiary/aromatic N) is 1. The molecule has 4 aliphatic rings. The molecule has 0 aromatic heterocycles. The molecule has 0 radical (unpaired) electrons. The molecule has 6 nitrogen and oxygen atoms in total. The number of Topliss-reactive ketones (excluding diaryl/α,β-unsaturated/α-hetero) is 2. The van der Waals surface area contributed by atoms with Gasteiger partial charge in [-0.25, -0.2) is 4.39 Å². The highest BCUT2D eigenvalue weighted by Crippen LogP contribution is 2.57. The molecule has 168 valence electrons. The monoisotopic (exact) mass is 447 g/mol. The van der Waals surface area contributed by atoms with E-state index in [2.05, 4.69) is 0 Å². The van der Waals surface area contributed by atoms with Gasteiger partial charge in [0.05, 0.1) is 17.9 Å². The van der Waals surface area contributed by atoms with Crippen molar-refractivity contribution in [2.45, 2.75) is 49.9 Å². The average Bonchev–Trinajstić information content (AvgIpc) is 3.40. The fraction of sp³-hybridized carbons (Fsp3) is 0.385. The van der Waals surface area contributed by atoms with Crippen LogP contribution in [-0.2, 0) is 14.3 Å². The number of ether oxygens (including phenoxy) is 1. The van der Waals surface area contributed by atoms with Crippen molar-refractivity contribution in [1.82, 2.24) is 4.90 Å². The number of carbonyl (C=O) groups is 4. The standard InChI is InChI=1S/C26H22FNO5/c27-15-12-10-14(11-13-15)21-19-20(25(32)28(24(19)31)16-6-2-1-3-7-16)26(33-21)22(29)17-8-4-5-9-18(17)23(26)30/h4-5,8-13,16,19-21H,1-3,6-7H2/t19-,20-,21+/m1/s1. The van der Waals surface area contributed by atoms with Gasteiger partial charge in [-0.2, -0.15) is 0 Å². The molecule has 2 aromatic carbocycles. The van der Waals surface area contributed by atoms with Gasteiger partial charge in [0.25, 0.3) is 0 Å². The molecule has 33 heavy (non-hydrogen) atoms. The van der Waals surface area contributed by atoms with Crippen LogP contribution in [0.4, 0.5) is 4.39 Å². The van der Waals surface area contributed by atoms with Crippen LogP contribution in [0.2, 0.25) is 0 Å². The molecule has 1 spiro atoms. The molecule has 7 heteroatoms. The van der Waals surface area contributed by atoms with E-state index in [0.29, 0.717) is 18.4 Å². The first-order chi connectivity index (χ1) is 15.9. The molecule has 3 atom stereocenters. The Kier molecular flexibility index (Phi) is 4.43. The molecule has 0 N–H and O–H groups in total. The van der Waals surface area contributed by atoms with Crippen LogP contribution in [0.3, 0.4) is 0 Å². The van der Waals surface area contributed by atoms with Crippen molar-refractivity contribution in [1.29, 1.82) is 0 Å². The summed E-state index contributed by atoms with van der Waals surface area (Å²) in [6, 6.07) is 11.6. The molecule has 0 unspecified atom stereocenters. The second kappa shape index (κ2) is 7.15. The number of amides is 2. The van der Waals surface area contributed by atoms with E-state index in [9.17, 15) is 23.6 Å². The molecule has 1 saturated carbocycles. The second-order valence-electron chi connectivity index (χ2n) is 9.37. The maximum Gasteiger partial charge on any atom is 0.237 e. The molecular weight excluding hydrogens is 425 g/mol. The van der Waals surface area contributed by atoms with Crippen LogP contribution in [0.1, 0.15) is 64.5 Å². The van der Waals surface area contributed by atoms with E-state index in [4.69, 9.17) is 4.74 Å². The number of carbonyl (C=O) groups excluding carboxylic acids is 4. The quantitative estimate of drug-likeness (QED) is 0.519. The van der Waals surface area contributed by atoms with Gasteiger partial charge in [-0.05, 0) is 30.5 Å². The zero-order valence-corrected chi connectivity index (χ0v) is 17.8. The van der Waals surface area contributed by atoms with E-state index < -0.39 is 52.7 Å². The number of hydrogen-bond donors (Lipinski definition) is 0. The third-order valence-corrected chi connectivity index (χ3v) is 7.69. The number of likely N-dealkylation sites (tertiary alicyclic amines) is 1. The van der Waals surface area contributed by atoms with Gasteiger partial charge in [0, 0.05) is 17.2 Å². The highest BCUT2D eigenvalue weighted by atomic mass is 19.1. The maximum absolute atomic E-state index is 13.8. The predicted octanol–water partition coefficient (Wildman–Crippen LogP) is 3.65. The van der Waals surface area contributed by atoms with Gasteiger partial charge in [0.15, 0.2) is 0 Å². The number of halogens is 1. The Bertz CT molecular complexity index is 1160. The van der Waals surface area contributed by atoms with Gasteiger partial charge >= 0.3 is 0 Å². The van der Waals surface area contributed by atoms with Crippen LogP contribution in [0.25, 0.3) is 0 Å². The van der Waals surface area contributed by atoms with E-state index in [1.165, 1.54) is 29.2 Å². The Morgan fingerprint density at radius 1 is 0.818 bits per heavy atom. The normalized spacial score (nSPS) is 28.6. The Hall–Kier alpha value is -3.19. The highest BCUT2D eigenvalue weighted by Gasteiger charge is 2.75. The Balaban J connectivity index is 1.50. The summed E-state index contributed by atoms with van der Waals surface area (Å²) in [5.41, 5.74) is -1.19. The van der Waals surface area contributed by atoms with Crippen LogP contribution >= 0.6 is 0 Å². The smallest absolute Gasteiger partial charge is 0.237 e. The van der Waals surface area contributed by atoms with Gasteiger partial charge in [-0.3, -0.25) is 24.1 Å². The first-order valence-electron chi connectivity index (χ1n) is 11.4. The summed E-state index contributed by atoms with van der Waals surface area (Å²) in [5.74, 6) is -4.75. The zero-order chi connectivity index (χ0) is 22.9. The second-order valence-corrected chi connectivity index (χ2v) is 9.37. The van der Waals surface area contributed by atoms with Crippen molar-refractivity contribution in [2.75, 3.05) is 0 Å². The summed E-state index contributed by atoms with van der Waals surface area (Å²) < 4.78 is 19.8. The largest absolute Gasteiger partial charge is 0.349 e. The molecular formula is C26H22FNO5. The first kappa shape index (κ1) is 20.4. The van der Waals surface area contributed by atoms with Gasteiger partial charge in [-0.15, -0.1) is 0 Å². The van der Waals surface area contributed by atoms with E-state index in [-0.39, 0.29) is 17.2 Å². The molecule has 6 rings (SSSR count). The summed E-state index contributed by atoms with van der Waals surface area (Å²) in [6.07, 6.45) is 3.33. The Morgan fingerprint density at radius 3 is 2.03 bits per heavy atom. The van der Waals surface area contributed by atoms with E-state index in [0.717, 1.165) is 19.3 Å². The fourth-order valence-corrected chi connectivity index (χ4v) is 6.19. The number of rotatable bonds is 2. The van der Waals surface area contributed by atoms with Crippen molar-refractivity contribution < 1.29 is 28.3 Å². The lowest BCUT2D eigenvalue weighted by atomic mass is 9.77. The van der Waals surface area contributed by atoms with E-state index in [1.54, 1.807) is 24.3 Å². The van der Waals surface area contributed by atoms with Crippen LogP contribution in [0.5, 0.6) is 0 Å². The molecule has 2 amide bonds. The lowest BCUT2D eigenvalue weighted by molar-refractivity contribution is -0.148. The topological polar surface area (TPSA) is 80.8 Å². The molecule has 0 bridgehead atoms. The zero-order valence-electron chi connectivity index (χ0n) is 17.8. The van der Waals surface area contributed by atoms with Crippen molar-refractivity contribution in [3.05, 3.63) is 71.0 Å². The lowest BCUT2D eigenvalue weighted by Gasteiger charge is -2.33. The Labute approximate surface area is 189 Å². The van der Waals surface area contributed by atoms with Crippen LogP contribution in [0, 0.1) is 17.7 Å². The lowest BCUT2D eigenvalue weighted by Crippen LogP contribution is -2.52. The van der Waals surface area contributed by atoms with Gasteiger partial charge in [0.1, 0.15) is 5.82 Å². The van der Waals surface area contributed by atoms with Crippen LogP contribution in [-0.4, -0.2) is 39.9 Å². The molecule has 2 heterocycles. The summed E-state index contributed by atoms with van der Waals surface area (Å²) in [4.78, 5) is 56.1. The predicted molar refractivity (Wildman–Crippen MR) is 114 cm³/mol. The molecule has 2 aromatic rings. The summed E-state index contributed by atoms with van der Waals surface area (Å²) in [6.45, 7) is 0. The Morgan fingerprint density at radius 2 is 1.42 bits per heavy atom. The molecule has 2 aliphatic carbocycles. The summed E-state index contributed by atoms with van der Waals surface area (Å²) >= 11 is 0. The van der Waals surface area contributed by atoms with Crippen LogP contribution < -0.4 is 0 Å². The molecule has 2 aliphatic heterocycles. The van der Waals surface area contributed by atoms with E-state index >= 15 is 0 Å². The SMILES string of the molecule is O=C1[C@H]2[C@H](c3ccc(F)cc3)OC3(C(=O)c4ccccc4C3=O)[C@H]2C(=O)N1C1CCCCC1. The number of hydrogen-bond acceptors (Lipinski definition) is 5. The number of fused-ring (bicyclic) bond motifs is 3. The average molecular weight is 447 g/mol. The van der Waals surface area contributed by atoms with E-state index in [1.807, 2.05) is 0 Å². The summed E-state index contributed by atoms with van der Waals surface area (Å²) in [5, 5.41) is 0. The van der Waals surface area contributed by atoms with Crippen molar-refractivity contribution in [3.8, 4) is 0 Å². The van der Waals surface area contributed by atoms with Crippen molar-refractivity contribution in [2.24, 2.45) is 11.8 Å². The van der Waals surface area contributed by atoms with Crippen molar-refractivity contribution in [3.63, 3.8) is 0 Å². The molecule has 3 fully saturated rings. The third kappa shape index (κ3) is 2.63. The van der Waals surface area contributed by atoms with Gasteiger partial charge < -0.3 is 4.74 Å². The fourth-order valence-electron chi connectivity index (χ4n) is 6.19. The minimum absolute atomic E-state index is 0.206. The van der Waals surface area contributed by atoms with Gasteiger partial charge in [0.2, 0.25) is 29.0 Å². The number of benzene rings is 2. The van der Waals surface area contributed by atoms with Crippen LogP contribution in [0.15, 0.2) is 48.5 Å². The minimum Gasteiger partial charge on any atom is -0.349 e. The summed E-state index contributed by atoms with van der Waals surface area (Å²) in [7, 11) is 0. The minimum atomic E-state index is -2.07. The maximum atomic E-state index is 13.8. The first-order valence-corrected chi connectivity index (χ1v) is 11.4. The molecule has 2 saturated heterocycles. The number of ketones is 2. The third-order valence-electron chi connectivity index (χ3n) is 7.69. The highest BCUT2D eigenvalue weighted by molar-refractivity contribution is 6.35. The van der Waals surface area contributed by atoms with Gasteiger partial charge in [-0.1, -0.05) is 55.7 Å².